The zero-order valence-electron chi connectivity index (χ0n) is 16.4. The molecular weight excluding hydrogens is 394 g/mol. The minimum Gasteiger partial charge on any atom is -0.493 e. The van der Waals surface area contributed by atoms with Crippen molar-refractivity contribution in [2.24, 2.45) is 0 Å². The molecule has 2 aromatic rings. The molecule has 0 unspecified atom stereocenters. The molecule has 0 aliphatic heterocycles. The molecule has 0 saturated heterocycles. The zero-order chi connectivity index (χ0) is 20.8. The molecule has 8 heteroatoms. The maximum atomic E-state index is 12.4. The van der Waals surface area contributed by atoms with E-state index in [4.69, 9.17) is 14.2 Å². The Balaban J connectivity index is 1.68. The number of hydrogen-bond acceptors (Lipinski definition) is 7. The fraction of sp³-hybridized carbons (Fsp3) is 0.381. The Morgan fingerprint density at radius 3 is 2.62 bits per heavy atom. The summed E-state index contributed by atoms with van der Waals surface area (Å²) in [4.78, 5) is 38.0. The number of esters is 2. The largest absolute Gasteiger partial charge is 0.493 e. The molecule has 1 amide bonds. The molecule has 1 aromatic heterocycles. The topological polar surface area (TPSA) is 90.9 Å². The number of para-hydroxylation sites is 1. The Kier molecular flexibility index (Phi) is 6.87. The minimum absolute atomic E-state index is 0.254. The van der Waals surface area contributed by atoms with E-state index >= 15 is 0 Å². The van der Waals surface area contributed by atoms with Gasteiger partial charge in [-0.05, 0) is 50.3 Å². The summed E-state index contributed by atoms with van der Waals surface area (Å²) in [6.45, 7) is 1.75. The van der Waals surface area contributed by atoms with Crippen molar-refractivity contribution in [2.75, 3.05) is 25.6 Å². The number of nitrogens with one attached hydrogen (secondary N) is 1. The Hall–Kier alpha value is -2.87. The number of carbonyl (C=O) groups is 3. The second-order valence-corrected chi connectivity index (χ2v) is 7.57. The van der Waals surface area contributed by atoms with Gasteiger partial charge in [0, 0.05) is 4.88 Å². The van der Waals surface area contributed by atoms with Gasteiger partial charge in [-0.3, -0.25) is 4.79 Å². The summed E-state index contributed by atoms with van der Waals surface area (Å²) in [5, 5.41) is 3.14. The van der Waals surface area contributed by atoms with Gasteiger partial charge >= 0.3 is 11.9 Å². The van der Waals surface area contributed by atoms with Crippen LogP contribution < -0.4 is 10.1 Å². The highest BCUT2D eigenvalue weighted by Crippen LogP contribution is 2.38. The third kappa shape index (κ3) is 4.76. The number of fused-ring (bicyclic) bond motifs is 1. The first-order chi connectivity index (χ1) is 14.0. The van der Waals surface area contributed by atoms with Crippen molar-refractivity contribution in [2.45, 2.75) is 32.6 Å². The lowest BCUT2D eigenvalue weighted by atomic mass is 9.95. The highest BCUT2D eigenvalue weighted by Gasteiger charge is 2.27. The van der Waals surface area contributed by atoms with Crippen LogP contribution in [0.15, 0.2) is 24.3 Å². The maximum Gasteiger partial charge on any atom is 0.342 e. The zero-order valence-corrected chi connectivity index (χ0v) is 17.2. The van der Waals surface area contributed by atoms with Crippen LogP contribution in [0.5, 0.6) is 5.75 Å². The van der Waals surface area contributed by atoms with E-state index in [9.17, 15) is 14.4 Å². The van der Waals surface area contributed by atoms with E-state index in [0.717, 1.165) is 36.1 Å². The number of aryl methyl sites for hydroxylation is 1. The van der Waals surface area contributed by atoms with Gasteiger partial charge < -0.3 is 19.5 Å². The van der Waals surface area contributed by atoms with Crippen LogP contribution in [0.1, 0.15) is 50.9 Å². The standard InChI is InChI=1S/C21H23NO6S/c1-3-27-15-10-6-4-8-13(15)20(24)28-12-17(23)22-19-18(21(25)26-2)14-9-5-7-11-16(14)29-19/h4,6,8,10H,3,5,7,9,11-12H2,1-2H3,(H,22,23). The number of amides is 1. The quantitative estimate of drug-likeness (QED) is 0.692. The molecule has 1 aliphatic carbocycles. The number of thiophene rings is 1. The van der Waals surface area contributed by atoms with Gasteiger partial charge in [-0.2, -0.15) is 0 Å². The average Bonchev–Trinajstić information content (AvgIpc) is 3.09. The first kappa shape index (κ1) is 20.9. The van der Waals surface area contributed by atoms with Crippen molar-refractivity contribution in [3.63, 3.8) is 0 Å². The fourth-order valence-electron chi connectivity index (χ4n) is 3.26. The molecular formula is C21H23NO6S. The lowest BCUT2D eigenvalue weighted by Gasteiger charge is -2.12. The van der Waals surface area contributed by atoms with E-state index in [2.05, 4.69) is 5.32 Å². The molecule has 1 heterocycles. The molecule has 0 bridgehead atoms. The van der Waals surface area contributed by atoms with E-state index in [1.807, 2.05) is 6.92 Å². The van der Waals surface area contributed by atoms with Crippen LogP contribution in [0.3, 0.4) is 0 Å². The molecule has 1 aromatic carbocycles. The first-order valence-electron chi connectivity index (χ1n) is 9.46. The monoisotopic (exact) mass is 417 g/mol. The predicted octanol–water partition coefficient (Wildman–Crippen LogP) is 3.61. The molecule has 0 radical (unpaired) electrons. The van der Waals surface area contributed by atoms with Crippen LogP contribution in [-0.2, 0) is 27.1 Å². The average molecular weight is 417 g/mol. The summed E-state index contributed by atoms with van der Waals surface area (Å²) < 4.78 is 15.4. The number of anilines is 1. The van der Waals surface area contributed by atoms with Gasteiger partial charge in [-0.25, -0.2) is 9.59 Å². The normalized spacial score (nSPS) is 12.6. The molecule has 29 heavy (non-hydrogen) atoms. The van der Waals surface area contributed by atoms with Crippen molar-refractivity contribution in [3.05, 3.63) is 45.8 Å². The molecule has 1 N–H and O–H groups in total. The lowest BCUT2D eigenvalue weighted by Crippen LogP contribution is -2.22. The second kappa shape index (κ2) is 9.56. The summed E-state index contributed by atoms with van der Waals surface area (Å²) in [5.74, 6) is -1.24. The van der Waals surface area contributed by atoms with Crippen LogP contribution in [-0.4, -0.2) is 38.2 Å². The van der Waals surface area contributed by atoms with E-state index in [1.54, 1.807) is 24.3 Å². The van der Waals surface area contributed by atoms with E-state index in [0.29, 0.717) is 22.9 Å². The highest BCUT2D eigenvalue weighted by atomic mass is 32.1. The summed E-state index contributed by atoms with van der Waals surface area (Å²) in [5.41, 5.74) is 1.61. The van der Waals surface area contributed by atoms with Crippen LogP contribution in [0.25, 0.3) is 0 Å². The molecule has 154 valence electrons. The summed E-state index contributed by atoms with van der Waals surface area (Å²) in [6, 6.07) is 6.69. The molecule has 1 aliphatic rings. The maximum absolute atomic E-state index is 12.4. The van der Waals surface area contributed by atoms with Gasteiger partial charge in [0.05, 0.1) is 19.3 Å². The Morgan fingerprint density at radius 2 is 1.86 bits per heavy atom. The van der Waals surface area contributed by atoms with Gasteiger partial charge in [0.2, 0.25) is 0 Å². The summed E-state index contributed by atoms with van der Waals surface area (Å²) >= 11 is 1.38. The fourth-order valence-corrected chi connectivity index (χ4v) is 4.55. The van der Waals surface area contributed by atoms with Gasteiger partial charge in [0.1, 0.15) is 16.3 Å². The van der Waals surface area contributed by atoms with Crippen molar-refractivity contribution >= 4 is 34.2 Å². The van der Waals surface area contributed by atoms with Crippen LogP contribution >= 0.6 is 11.3 Å². The number of carbonyl (C=O) groups excluding carboxylic acids is 3. The van der Waals surface area contributed by atoms with Gasteiger partial charge in [-0.1, -0.05) is 12.1 Å². The van der Waals surface area contributed by atoms with Gasteiger partial charge in [0.25, 0.3) is 5.91 Å². The van der Waals surface area contributed by atoms with Crippen LogP contribution in [0, 0.1) is 0 Å². The number of hydrogen-bond donors (Lipinski definition) is 1. The summed E-state index contributed by atoms with van der Waals surface area (Å²) in [7, 11) is 1.32. The van der Waals surface area contributed by atoms with Crippen molar-refractivity contribution in [1.29, 1.82) is 0 Å². The van der Waals surface area contributed by atoms with E-state index in [-0.39, 0.29) is 5.56 Å². The van der Waals surface area contributed by atoms with Crippen LogP contribution in [0.2, 0.25) is 0 Å². The highest BCUT2D eigenvalue weighted by molar-refractivity contribution is 7.17. The smallest absolute Gasteiger partial charge is 0.342 e. The minimum atomic E-state index is -0.650. The first-order valence-corrected chi connectivity index (χ1v) is 10.3. The van der Waals surface area contributed by atoms with Crippen molar-refractivity contribution in [1.82, 2.24) is 0 Å². The number of benzene rings is 1. The summed E-state index contributed by atoms with van der Waals surface area (Å²) in [6.07, 6.45) is 3.72. The third-order valence-electron chi connectivity index (χ3n) is 4.55. The molecule has 0 fully saturated rings. The molecule has 7 nitrogen and oxygen atoms in total. The Morgan fingerprint density at radius 1 is 1.10 bits per heavy atom. The van der Waals surface area contributed by atoms with Gasteiger partial charge in [0.15, 0.2) is 6.61 Å². The number of methoxy groups -OCH3 is 1. The second-order valence-electron chi connectivity index (χ2n) is 6.46. The molecule has 3 rings (SSSR count). The molecule has 0 saturated carbocycles. The van der Waals surface area contributed by atoms with E-state index < -0.39 is 24.5 Å². The lowest BCUT2D eigenvalue weighted by molar-refractivity contribution is -0.119. The van der Waals surface area contributed by atoms with Gasteiger partial charge in [-0.15, -0.1) is 11.3 Å². The van der Waals surface area contributed by atoms with Crippen LogP contribution in [0.4, 0.5) is 5.00 Å². The molecule has 0 spiro atoms. The Labute approximate surface area is 173 Å². The SMILES string of the molecule is CCOc1ccccc1C(=O)OCC(=O)Nc1sc2c(c1C(=O)OC)CCCC2. The number of ether oxygens (including phenoxy) is 3. The predicted molar refractivity (Wildman–Crippen MR) is 109 cm³/mol. The Bertz CT molecular complexity index is 920. The van der Waals surface area contributed by atoms with Crippen molar-refractivity contribution < 1.29 is 28.6 Å². The molecule has 0 atom stereocenters. The van der Waals surface area contributed by atoms with Crippen molar-refractivity contribution in [3.8, 4) is 5.75 Å². The third-order valence-corrected chi connectivity index (χ3v) is 5.76. The van der Waals surface area contributed by atoms with E-state index in [1.165, 1.54) is 18.4 Å². The number of rotatable bonds is 7.